The van der Waals surface area contributed by atoms with Gasteiger partial charge in [-0.2, -0.15) is 0 Å². The van der Waals surface area contributed by atoms with Crippen LogP contribution in [-0.2, 0) is 19.1 Å². The third kappa shape index (κ3) is 7.51. The van der Waals surface area contributed by atoms with Crippen molar-refractivity contribution in [3.63, 3.8) is 0 Å². The Hall–Kier alpha value is -1.54. The smallest absolute Gasteiger partial charge is 0.315 e. The molecule has 0 fully saturated rings. The molecule has 0 saturated heterocycles. The number of amides is 2. The zero-order valence-corrected chi connectivity index (χ0v) is 15.4. The summed E-state index contributed by atoms with van der Waals surface area (Å²) in [6.07, 6.45) is 0.264. The monoisotopic (exact) mass is 402 g/mol. The predicted octanol–water partition coefficient (Wildman–Crippen LogP) is 2.14. The highest BCUT2D eigenvalue weighted by atomic mass is 79.9. The maximum Gasteiger partial charge on any atom is 0.315 e. The normalized spacial score (nSPS) is 10.0. The van der Waals surface area contributed by atoms with E-state index in [0.29, 0.717) is 11.4 Å². The number of anilines is 1. The number of para-hydroxylation sites is 1. The number of benzene rings is 1. The molecule has 1 aromatic rings. The number of rotatable bonds is 8. The van der Waals surface area contributed by atoms with Crippen molar-refractivity contribution in [2.75, 3.05) is 37.5 Å². The molecule has 6 nitrogen and oxygen atoms in total. The van der Waals surface area contributed by atoms with E-state index in [1.54, 1.807) is 13.1 Å². The molecular formula is C15H19BrN2O4S. The standard InChI is InChI=1S/C15H19BrN2O4S/c1-18(14(20)7-8-23-10-15(21)22-2)9-13(19)17-12-6-4-3-5-11(12)16/h3-6H,7-10H2,1-2H3,(H,17,19). The Kier molecular flexibility index (Phi) is 8.71. The second kappa shape index (κ2) is 10.3. The molecule has 0 atom stereocenters. The highest BCUT2D eigenvalue weighted by Crippen LogP contribution is 2.20. The molecule has 0 spiro atoms. The maximum absolute atomic E-state index is 11.9. The van der Waals surface area contributed by atoms with Crippen molar-refractivity contribution in [1.29, 1.82) is 0 Å². The Morgan fingerprint density at radius 1 is 1.30 bits per heavy atom. The molecule has 0 aliphatic heterocycles. The molecule has 1 rings (SSSR count). The van der Waals surface area contributed by atoms with E-state index in [1.807, 2.05) is 18.2 Å². The second-order valence-electron chi connectivity index (χ2n) is 4.66. The molecule has 0 aliphatic rings. The number of hydrogen-bond donors (Lipinski definition) is 1. The topological polar surface area (TPSA) is 75.7 Å². The van der Waals surface area contributed by atoms with Gasteiger partial charge in [0.2, 0.25) is 11.8 Å². The number of nitrogens with one attached hydrogen (secondary N) is 1. The molecular weight excluding hydrogens is 384 g/mol. The van der Waals surface area contributed by atoms with Crippen molar-refractivity contribution in [1.82, 2.24) is 4.90 Å². The van der Waals surface area contributed by atoms with Crippen molar-refractivity contribution < 1.29 is 19.1 Å². The molecule has 8 heteroatoms. The van der Waals surface area contributed by atoms with E-state index in [1.165, 1.54) is 23.8 Å². The minimum absolute atomic E-state index is 0.0260. The number of halogens is 1. The van der Waals surface area contributed by atoms with Gasteiger partial charge in [-0.25, -0.2) is 0 Å². The first-order valence-electron chi connectivity index (χ1n) is 6.87. The van der Waals surface area contributed by atoms with Gasteiger partial charge in [-0.05, 0) is 28.1 Å². The van der Waals surface area contributed by atoms with Crippen molar-refractivity contribution in [2.24, 2.45) is 0 Å². The molecule has 0 unspecified atom stereocenters. The van der Waals surface area contributed by atoms with Crippen LogP contribution in [0.3, 0.4) is 0 Å². The second-order valence-corrected chi connectivity index (χ2v) is 6.62. The Bertz CT molecular complexity index is 568. The number of carbonyl (C=O) groups excluding carboxylic acids is 3. The van der Waals surface area contributed by atoms with E-state index < -0.39 is 0 Å². The Morgan fingerprint density at radius 2 is 2.00 bits per heavy atom. The van der Waals surface area contributed by atoms with E-state index in [9.17, 15) is 14.4 Å². The van der Waals surface area contributed by atoms with E-state index in [0.717, 1.165) is 4.47 Å². The predicted molar refractivity (Wildman–Crippen MR) is 94.4 cm³/mol. The first kappa shape index (κ1) is 19.5. The number of methoxy groups -OCH3 is 1. The fourth-order valence-electron chi connectivity index (χ4n) is 1.62. The average molecular weight is 403 g/mol. The summed E-state index contributed by atoms with van der Waals surface area (Å²) in [6.45, 7) is -0.0260. The highest BCUT2D eigenvalue weighted by Gasteiger charge is 2.14. The molecule has 0 saturated carbocycles. The lowest BCUT2D eigenvalue weighted by Gasteiger charge is -2.17. The van der Waals surface area contributed by atoms with Gasteiger partial charge < -0.3 is 15.0 Å². The molecule has 1 aromatic carbocycles. The SMILES string of the molecule is COC(=O)CSCCC(=O)N(C)CC(=O)Nc1ccccc1Br. The third-order valence-electron chi connectivity index (χ3n) is 2.86. The number of thioether (sulfide) groups is 1. The number of esters is 1. The van der Waals surface area contributed by atoms with Crippen LogP contribution in [0.25, 0.3) is 0 Å². The Labute approximate surface area is 148 Å². The van der Waals surface area contributed by atoms with E-state index >= 15 is 0 Å². The molecule has 0 aliphatic carbocycles. The number of carbonyl (C=O) groups is 3. The van der Waals surface area contributed by atoms with Crippen LogP contribution in [0.15, 0.2) is 28.7 Å². The summed E-state index contributed by atoms with van der Waals surface area (Å²) < 4.78 is 5.29. The van der Waals surface area contributed by atoms with Crippen LogP contribution in [0.4, 0.5) is 5.69 Å². The molecule has 1 N–H and O–H groups in total. The average Bonchev–Trinajstić information content (AvgIpc) is 2.53. The lowest BCUT2D eigenvalue weighted by Crippen LogP contribution is -2.35. The van der Waals surface area contributed by atoms with Crippen molar-refractivity contribution in [3.05, 3.63) is 28.7 Å². The van der Waals surface area contributed by atoms with Crippen LogP contribution < -0.4 is 5.32 Å². The van der Waals surface area contributed by atoms with Gasteiger partial charge in [0.25, 0.3) is 0 Å². The van der Waals surface area contributed by atoms with E-state index in [4.69, 9.17) is 0 Å². The van der Waals surface area contributed by atoms with Gasteiger partial charge in [-0.1, -0.05) is 12.1 Å². The molecule has 0 radical (unpaired) electrons. The van der Waals surface area contributed by atoms with Crippen LogP contribution in [0.2, 0.25) is 0 Å². The molecule has 0 aromatic heterocycles. The summed E-state index contributed by atoms with van der Waals surface area (Å²) in [4.78, 5) is 36.2. The first-order chi connectivity index (χ1) is 10.9. The quantitative estimate of drug-likeness (QED) is 0.532. The zero-order chi connectivity index (χ0) is 17.2. The number of ether oxygens (including phenoxy) is 1. The summed E-state index contributed by atoms with van der Waals surface area (Å²) in [5.74, 6) is -0.0108. The molecule has 2 amide bonds. The first-order valence-corrected chi connectivity index (χ1v) is 8.81. The van der Waals surface area contributed by atoms with Crippen molar-refractivity contribution in [2.45, 2.75) is 6.42 Å². The molecule has 0 bridgehead atoms. The van der Waals surface area contributed by atoms with E-state index in [2.05, 4.69) is 26.0 Å². The largest absolute Gasteiger partial charge is 0.468 e. The van der Waals surface area contributed by atoms with Crippen LogP contribution in [0, 0.1) is 0 Å². The summed E-state index contributed by atoms with van der Waals surface area (Å²) in [5.41, 5.74) is 0.659. The van der Waals surface area contributed by atoms with Gasteiger partial charge in [0.05, 0.1) is 25.1 Å². The summed E-state index contributed by atoms with van der Waals surface area (Å²) >= 11 is 4.67. The summed E-state index contributed by atoms with van der Waals surface area (Å²) in [5, 5.41) is 2.74. The fraction of sp³-hybridized carbons (Fsp3) is 0.400. The molecule has 0 heterocycles. The summed E-state index contributed by atoms with van der Waals surface area (Å²) in [7, 11) is 2.90. The lowest BCUT2D eigenvalue weighted by molar-refractivity contribution is -0.137. The van der Waals surface area contributed by atoms with Crippen LogP contribution in [-0.4, -0.2) is 54.9 Å². The molecule has 23 heavy (non-hydrogen) atoms. The van der Waals surface area contributed by atoms with Gasteiger partial charge in [-0.3, -0.25) is 14.4 Å². The van der Waals surface area contributed by atoms with Crippen LogP contribution >= 0.6 is 27.7 Å². The van der Waals surface area contributed by atoms with Crippen LogP contribution in [0.1, 0.15) is 6.42 Å². The van der Waals surface area contributed by atoms with Crippen molar-refractivity contribution >= 4 is 51.2 Å². The number of nitrogens with zero attached hydrogens (tertiary/aromatic N) is 1. The third-order valence-corrected chi connectivity index (χ3v) is 4.49. The Balaban J connectivity index is 2.32. The lowest BCUT2D eigenvalue weighted by atomic mass is 10.3. The van der Waals surface area contributed by atoms with Gasteiger partial charge >= 0.3 is 5.97 Å². The van der Waals surface area contributed by atoms with Gasteiger partial charge in [0.15, 0.2) is 0 Å². The molecule has 126 valence electrons. The van der Waals surface area contributed by atoms with Crippen LogP contribution in [0.5, 0.6) is 0 Å². The highest BCUT2D eigenvalue weighted by molar-refractivity contribution is 9.10. The van der Waals surface area contributed by atoms with E-state index in [-0.39, 0.29) is 36.5 Å². The van der Waals surface area contributed by atoms with Gasteiger partial charge in [0.1, 0.15) is 0 Å². The van der Waals surface area contributed by atoms with Crippen molar-refractivity contribution in [3.8, 4) is 0 Å². The maximum atomic E-state index is 11.9. The number of hydrogen-bond acceptors (Lipinski definition) is 5. The minimum atomic E-state index is -0.316. The Morgan fingerprint density at radius 3 is 2.65 bits per heavy atom. The minimum Gasteiger partial charge on any atom is -0.468 e. The number of likely N-dealkylation sites (N-methyl/N-ethyl adjacent to an activating group) is 1. The zero-order valence-electron chi connectivity index (χ0n) is 13.0. The fourth-order valence-corrected chi connectivity index (χ4v) is 2.75. The summed E-state index contributed by atoms with van der Waals surface area (Å²) in [6, 6.07) is 7.26. The van der Waals surface area contributed by atoms with Gasteiger partial charge in [-0.15, -0.1) is 11.8 Å². The van der Waals surface area contributed by atoms with Gasteiger partial charge in [0, 0.05) is 23.7 Å².